The molecule has 0 unspecified atom stereocenters. The molecule has 1 aliphatic carbocycles. The quantitative estimate of drug-likeness (QED) is 0.751. The second kappa shape index (κ2) is 5.78. The largest absolute Gasteiger partial charge is 0.378 e. The number of aromatic nitrogens is 3. The van der Waals surface area contributed by atoms with E-state index in [4.69, 9.17) is 10.00 Å². The van der Waals surface area contributed by atoms with Gasteiger partial charge in [-0.05, 0) is 12.3 Å². The third-order valence-corrected chi connectivity index (χ3v) is 3.42. The molecule has 0 bridgehead atoms. The van der Waals surface area contributed by atoms with E-state index in [0.29, 0.717) is 13.0 Å². The standard InChI is InChI=1S/C12H18N4O/c1-17-9-12-11(5-7-13)14-15-16(12)8-6-10-3-2-4-10/h10H,2-6,8-9H2,1H3. The third-order valence-electron chi connectivity index (χ3n) is 3.42. The summed E-state index contributed by atoms with van der Waals surface area (Å²) in [5.41, 5.74) is 1.70. The fourth-order valence-electron chi connectivity index (χ4n) is 2.14. The Bertz CT molecular complexity index is 403. The normalized spacial score (nSPS) is 15.5. The van der Waals surface area contributed by atoms with Gasteiger partial charge in [0.25, 0.3) is 0 Å². The number of rotatable bonds is 6. The second-order valence-electron chi connectivity index (χ2n) is 4.56. The van der Waals surface area contributed by atoms with Crippen LogP contribution in [-0.4, -0.2) is 22.1 Å². The highest BCUT2D eigenvalue weighted by Crippen LogP contribution is 2.29. The molecule has 0 atom stereocenters. The van der Waals surface area contributed by atoms with Gasteiger partial charge in [-0.3, -0.25) is 0 Å². The van der Waals surface area contributed by atoms with Gasteiger partial charge in [-0.1, -0.05) is 24.5 Å². The minimum atomic E-state index is 0.308. The van der Waals surface area contributed by atoms with Crippen molar-refractivity contribution in [3.63, 3.8) is 0 Å². The van der Waals surface area contributed by atoms with Crippen LogP contribution < -0.4 is 0 Å². The molecule has 92 valence electrons. The summed E-state index contributed by atoms with van der Waals surface area (Å²) in [5.74, 6) is 0.856. The van der Waals surface area contributed by atoms with Gasteiger partial charge in [0.05, 0.1) is 24.8 Å². The first-order valence-corrected chi connectivity index (χ1v) is 6.12. The van der Waals surface area contributed by atoms with E-state index in [9.17, 15) is 0 Å². The maximum Gasteiger partial charge on any atom is 0.102 e. The lowest BCUT2D eigenvalue weighted by Gasteiger charge is -2.25. The number of hydrogen-bond donors (Lipinski definition) is 0. The van der Waals surface area contributed by atoms with Crippen molar-refractivity contribution in [2.75, 3.05) is 7.11 Å². The van der Waals surface area contributed by atoms with Crippen LogP contribution in [0, 0.1) is 17.2 Å². The predicted octanol–water partition coefficient (Wildman–Crippen LogP) is 1.68. The van der Waals surface area contributed by atoms with Gasteiger partial charge < -0.3 is 4.74 Å². The third kappa shape index (κ3) is 2.83. The predicted molar refractivity (Wildman–Crippen MR) is 62.0 cm³/mol. The van der Waals surface area contributed by atoms with Crippen LogP contribution >= 0.6 is 0 Å². The molecule has 5 heteroatoms. The van der Waals surface area contributed by atoms with Gasteiger partial charge in [0.2, 0.25) is 0 Å². The van der Waals surface area contributed by atoms with Crippen molar-refractivity contribution in [3.05, 3.63) is 11.4 Å². The summed E-state index contributed by atoms with van der Waals surface area (Å²) in [6.07, 6.45) is 5.53. The molecular formula is C12H18N4O. The van der Waals surface area contributed by atoms with Gasteiger partial charge in [0.1, 0.15) is 5.69 Å². The van der Waals surface area contributed by atoms with Crippen molar-refractivity contribution in [2.45, 2.75) is 45.3 Å². The lowest BCUT2D eigenvalue weighted by Crippen LogP contribution is -2.16. The van der Waals surface area contributed by atoms with Crippen LogP contribution in [0.15, 0.2) is 0 Å². The second-order valence-corrected chi connectivity index (χ2v) is 4.56. The van der Waals surface area contributed by atoms with Gasteiger partial charge in [-0.2, -0.15) is 5.26 Å². The Morgan fingerprint density at radius 3 is 2.94 bits per heavy atom. The van der Waals surface area contributed by atoms with Crippen LogP contribution in [0.3, 0.4) is 0 Å². The van der Waals surface area contributed by atoms with Crippen LogP contribution in [0.4, 0.5) is 0 Å². The van der Waals surface area contributed by atoms with Gasteiger partial charge in [0.15, 0.2) is 0 Å². The van der Waals surface area contributed by atoms with E-state index >= 15 is 0 Å². The minimum absolute atomic E-state index is 0.308. The zero-order valence-corrected chi connectivity index (χ0v) is 10.2. The highest BCUT2D eigenvalue weighted by Gasteiger charge is 2.19. The van der Waals surface area contributed by atoms with Crippen LogP contribution in [0.1, 0.15) is 37.1 Å². The molecule has 0 spiro atoms. The van der Waals surface area contributed by atoms with E-state index in [0.717, 1.165) is 30.3 Å². The number of ether oxygens (including phenoxy) is 1. The Balaban J connectivity index is 2.01. The highest BCUT2D eigenvalue weighted by atomic mass is 16.5. The van der Waals surface area contributed by atoms with Crippen molar-refractivity contribution in [1.82, 2.24) is 15.0 Å². The van der Waals surface area contributed by atoms with Gasteiger partial charge in [-0.25, -0.2) is 4.68 Å². The Kier molecular flexibility index (Phi) is 4.10. The Hall–Kier alpha value is -1.41. The molecule has 0 aliphatic heterocycles. The first kappa shape index (κ1) is 12.1. The summed E-state index contributed by atoms with van der Waals surface area (Å²) in [5, 5.41) is 16.9. The smallest absolute Gasteiger partial charge is 0.102 e. The molecule has 1 aromatic rings. The van der Waals surface area contributed by atoms with E-state index in [1.165, 1.54) is 19.3 Å². The van der Waals surface area contributed by atoms with Crippen molar-refractivity contribution in [3.8, 4) is 6.07 Å². The van der Waals surface area contributed by atoms with Crippen LogP contribution in [0.25, 0.3) is 0 Å². The molecule has 0 amide bonds. The Morgan fingerprint density at radius 2 is 2.35 bits per heavy atom. The lowest BCUT2D eigenvalue weighted by molar-refractivity contribution is 0.174. The van der Waals surface area contributed by atoms with E-state index in [1.807, 2.05) is 4.68 Å². The molecule has 1 aliphatic rings. The molecule has 0 saturated heterocycles. The fraction of sp³-hybridized carbons (Fsp3) is 0.750. The van der Waals surface area contributed by atoms with E-state index < -0.39 is 0 Å². The summed E-state index contributed by atoms with van der Waals surface area (Å²) >= 11 is 0. The lowest BCUT2D eigenvalue weighted by atomic mass is 9.83. The van der Waals surface area contributed by atoms with Crippen molar-refractivity contribution in [2.24, 2.45) is 5.92 Å². The van der Waals surface area contributed by atoms with Crippen LogP contribution in [0.5, 0.6) is 0 Å². The summed E-state index contributed by atoms with van der Waals surface area (Å²) < 4.78 is 7.05. The van der Waals surface area contributed by atoms with Gasteiger partial charge in [0, 0.05) is 13.7 Å². The molecule has 1 aromatic heterocycles. The SMILES string of the molecule is COCc1c(CC#N)nnn1CCC1CCC1. The van der Waals surface area contributed by atoms with E-state index in [1.54, 1.807) is 7.11 Å². The van der Waals surface area contributed by atoms with E-state index in [2.05, 4.69) is 16.4 Å². The molecule has 0 radical (unpaired) electrons. The zero-order valence-electron chi connectivity index (χ0n) is 10.2. The van der Waals surface area contributed by atoms with Crippen LogP contribution in [-0.2, 0) is 24.3 Å². The Labute approximate surface area is 101 Å². The monoisotopic (exact) mass is 234 g/mol. The summed E-state index contributed by atoms with van der Waals surface area (Å²) in [6, 6.07) is 2.11. The molecule has 1 heterocycles. The highest BCUT2D eigenvalue weighted by molar-refractivity contribution is 5.13. The summed E-state index contributed by atoms with van der Waals surface area (Å²) in [6.45, 7) is 1.37. The zero-order chi connectivity index (χ0) is 12.1. The number of aryl methyl sites for hydroxylation is 1. The topological polar surface area (TPSA) is 63.7 Å². The fourth-order valence-corrected chi connectivity index (χ4v) is 2.14. The van der Waals surface area contributed by atoms with Gasteiger partial charge in [-0.15, -0.1) is 5.10 Å². The van der Waals surface area contributed by atoms with Crippen molar-refractivity contribution < 1.29 is 4.74 Å². The van der Waals surface area contributed by atoms with Gasteiger partial charge >= 0.3 is 0 Å². The average molecular weight is 234 g/mol. The summed E-state index contributed by atoms with van der Waals surface area (Å²) in [4.78, 5) is 0. The van der Waals surface area contributed by atoms with Crippen molar-refractivity contribution in [1.29, 1.82) is 5.26 Å². The molecule has 17 heavy (non-hydrogen) atoms. The average Bonchev–Trinajstić information content (AvgIpc) is 2.61. The maximum atomic E-state index is 8.72. The first-order valence-electron chi connectivity index (χ1n) is 6.12. The van der Waals surface area contributed by atoms with Crippen molar-refractivity contribution >= 4 is 0 Å². The molecule has 0 aromatic carbocycles. The Morgan fingerprint density at radius 1 is 1.53 bits per heavy atom. The number of nitriles is 1. The molecule has 5 nitrogen and oxygen atoms in total. The summed E-state index contributed by atoms with van der Waals surface area (Å²) in [7, 11) is 1.65. The molecular weight excluding hydrogens is 216 g/mol. The number of nitrogens with zero attached hydrogens (tertiary/aromatic N) is 4. The molecule has 2 rings (SSSR count). The number of hydrogen-bond acceptors (Lipinski definition) is 4. The molecule has 1 fully saturated rings. The van der Waals surface area contributed by atoms with Crippen LogP contribution in [0.2, 0.25) is 0 Å². The maximum absolute atomic E-state index is 8.72. The molecule has 0 N–H and O–H groups in total. The van der Waals surface area contributed by atoms with E-state index in [-0.39, 0.29) is 0 Å². The molecule has 1 saturated carbocycles. The minimum Gasteiger partial charge on any atom is -0.378 e. The number of methoxy groups -OCH3 is 1. The first-order chi connectivity index (χ1) is 8.35.